The molecule has 0 saturated carbocycles. The van der Waals surface area contributed by atoms with Crippen molar-refractivity contribution >= 4 is 19.8 Å². The van der Waals surface area contributed by atoms with Crippen molar-refractivity contribution in [1.82, 2.24) is 0 Å². The van der Waals surface area contributed by atoms with Gasteiger partial charge in [0.15, 0.2) is 6.10 Å². The van der Waals surface area contributed by atoms with Crippen molar-refractivity contribution in [2.75, 3.05) is 47.5 Å². The standard InChI is InChI=1S/C64H124NO8P/c1-6-8-10-12-14-16-18-20-22-24-26-28-30-32-34-36-38-40-42-44-46-48-50-52-54-56-63(66)70-60-62(61-72-74(68,69)71-59-58-65(3,4)5)73-64(67)57-55-53-51-49-47-45-43-41-39-37-35-33-31-29-27-25-23-21-19-17-15-13-11-9-7-2/h19,21,25,27,62H,6-18,20,22-24,26,28-61H2,1-5H3/p+1/b21-19-,27-25-. The maximum absolute atomic E-state index is 12.8. The Morgan fingerprint density at radius 3 is 1.07 bits per heavy atom. The third kappa shape index (κ3) is 59.7. The molecular weight excluding hydrogens is 942 g/mol. The molecule has 1 N–H and O–H groups in total. The van der Waals surface area contributed by atoms with Gasteiger partial charge < -0.3 is 18.9 Å². The van der Waals surface area contributed by atoms with Crippen LogP contribution in [0, 0.1) is 0 Å². The molecule has 0 radical (unpaired) electrons. The van der Waals surface area contributed by atoms with E-state index >= 15 is 0 Å². The zero-order chi connectivity index (χ0) is 54.2. The lowest BCUT2D eigenvalue weighted by Crippen LogP contribution is -2.37. The normalized spacial score (nSPS) is 13.3. The maximum atomic E-state index is 12.8. The van der Waals surface area contributed by atoms with Gasteiger partial charge in [-0.05, 0) is 44.9 Å². The van der Waals surface area contributed by atoms with Crippen LogP contribution < -0.4 is 0 Å². The Kier molecular flexibility index (Phi) is 55.1. The van der Waals surface area contributed by atoms with Gasteiger partial charge in [0.1, 0.15) is 19.8 Å². The zero-order valence-electron chi connectivity index (χ0n) is 49.9. The van der Waals surface area contributed by atoms with Crippen LogP contribution in [0.15, 0.2) is 24.3 Å². The van der Waals surface area contributed by atoms with Gasteiger partial charge in [-0.15, -0.1) is 0 Å². The van der Waals surface area contributed by atoms with Crippen molar-refractivity contribution in [2.45, 2.75) is 328 Å². The van der Waals surface area contributed by atoms with Crippen LogP contribution in [-0.4, -0.2) is 74.9 Å². The molecule has 0 aromatic rings. The second kappa shape index (κ2) is 56.2. The smallest absolute Gasteiger partial charge is 0.462 e. The summed E-state index contributed by atoms with van der Waals surface area (Å²) in [5.41, 5.74) is 0. The van der Waals surface area contributed by atoms with Gasteiger partial charge in [-0.1, -0.05) is 289 Å². The average Bonchev–Trinajstić information content (AvgIpc) is 3.36. The molecule has 0 aromatic carbocycles. The Hall–Kier alpha value is -1.51. The van der Waals surface area contributed by atoms with Gasteiger partial charge >= 0.3 is 19.8 Å². The number of carbonyl (C=O) groups is 2. The van der Waals surface area contributed by atoms with E-state index in [1.165, 1.54) is 250 Å². The van der Waals surface area contributed by atoms with Crippen LogP contribution in [0.5, 0.6) is 0 Å². The molecular formula is C64H125NO8P+. The number of ether oxygens (including phenoxy) is 2. The Balaban J connectivity index is 4.06. The van der Waals surface area contributed by atoms with Crippen LogP contribution in [0.2, 0.25) is 0 Å². The van der Waals surface area contributed by atoms with Gasteiger partial charge in [-0.3, -0.25) is 18.6 Å². The summed E-state index contributed by atoms with van der Waals surface area (Å²) in [6.07, 6.45) is 68.3. The first kappa shape index (κ1) is 72.5. The summed E-state index contributed by atoms with van der Waals surface area (Å²) >= 11 is 0. The van der Waals surface area contributed by atoms with Crippen LogP contribution in [0.1, 0.15) is 322 Å². The number of hydrogen-bond donors (Lipinski definition) is 1. The highest BCUT2D eigenvalue weighted by Gasteiger charge is 2.27. The lowest BCUT2D eigenvalue weighted by molar-refractivity contribution is -0.870. The molecule has 74 heavy (non-hydrogen) atoms. The number of carbonyl (C=O) groups excluding carboxylic acids is 2. The van der Waals surface area contributed by atoms with E-state index in [1.807, 2.05) is 21.1 Å². The molecule has 2 unspecified atom stereocenters. The van der Waals surface area contributed by atoms with E-state index in [0.717, 1.165) is 38.5 Å². The molecule has 0 fully saturated rings. The largest absolute Gasteiger partial charge is 0.472 e. The number of hydrogen-bond acceptors (Lipinski definition) is 7. The molecule has 0 heterocycles. The van der Waals surface area contributed by atoms with Gasteiger partial charge in [-0.25, -0.2) is 4.57 Å². The van der Waals surface area contributed by atoms with E-state index in [-0.39, 0.29) is 25.6 Å². The second-order valence-corrected chi connectivity index (χ2v) is 24.6. The van der Waals surface area contributed by atoms with Gasteiger partial charge in [0.2, 0.25) is 0 Å². The Morgan fingerprint density at radius 2 is 0.730 bits per heavy atom. The van der Waals surface area contributed by atoms with Crippen LogP contribution in [0.4, 0.5) is 0 Å². The van der Waals surface area contributed by atoms with E-state index in [1.54, 1.807) is 0 Å². The third-order valence-corrected chi connectivity index (χ3v) is 15.5. The van der Waals surface area contributed by atoms with E-state index in [0.29, 0.717) is 23.9 Å². The fraction of sp³-hybridized carbons (Fsp3) is 0.906. The minimum absolute atomic E-state index is 0.0346. The molecule has 9 nitrogen and oxygen atoms in total. The topological polar surface area (TPSA) is 108 Å². The quantitative estimate of drug-likeness (QED) is 0.0211. The third-order valence-electron chi connectivity index (χ3n) is 14.5. The predicted octanol–water partition coefficient (Wildman–Crippen LogP) is 20.2. The van der Waals surface area contributed by atoms with Crippen molar-refractivity contribution in [2.24, 2.45) is 0 Å². The highest BCUT2D eigenvalue weighted by Crippen LogP contribution is 2.43. The lowest BCUT2D eigenvalue weighted by Gasteiger charge is -2.24. The van der Waals surface area contributed by atoms with E-state index in [2.05, 4.69) is 38.2 Å². The molecule has 0 aliphatic carbocycles. The fourth-order valence-electron chi connectivity index (χ4n) is 9.52. The summed E-state index contributed by atoms with van der Waals surface area (Å²) < 4.78 is 34.7. The lowest BCUT2D eigenvalue weighted by atomic mass is 10.0. The van der Waals surface area contributed by atoms with E-state index in [9.17, 15) is 19.0 Å². The molecule has 0 bridgehead atoms. The van der Waals surface area contributed by atoms with Crippen molar-refractivity contribution in [3.63, 3.8) is 0 Å². The Labute approximate surface area is 459 Å². The van der Waals surface area contributed by atoms with Gasteiger partial charge in [0, 0.05) is 12.8 Å². The number of phosphoric acid groups is 1. The van der Waals surface area contributed by atoms with Crippen molar-refractivity contribution in [1.29, 1.82) is 0 Å². The Morgan fingerprint density at radius 1 is 0.419 bits per heavy atom. The van der Waals surface area contributed by atoms with Crippen molar-refractivity contribution in [3.8, 4) is 0 Å². The highest BCUT2D eigenvalue weighted by molar-refractivity contribution is 7.47. The zero-order valence-corrected chi connectivity index (χ0v) is 50.8. The number of quaternary nitrogens is 1. The summed E-state index contributed by atoms with van der Waals surface area (Å²) in [6.45, 7) is 4.49. The molecule has 0 aliphatic rings. The minimum atomic E-state index is -4.38. The van der Waals surface area contributed by atoms with Gasteiger partial charge in [-0.2, -0.15) is 0 Å². The average molecular weight is 1070 g/mol. The highest BCUT2D eigenvalue weighted by atomic mass is 31.2. The number of esters is 2. The van der Waals surface area contributed by atoms with Crippen LogP contribution in [0.25, 0.3) is 0 Å². The maximum Gasteiger partial charge on any atom is 0.472 e. The fourth-order valence-corrected chi connectivity index (χ4v) is 10.3. The second-order valence-electron chi connectivity index (χ2n) is 23.2. The summed E-state index contributed by atoms with van der Waals surface area (Å²) in [7, 11) is 1.49. The molecule has 0 spiro atoms. The number of rotatable bonds is 60. The molecule has 0 rings (SSSR count). The van der Waals surface area contributed by atoms with E-state index in [4.69, 9.17) is 18.5 Å². The molecule has 0 aliphatic heterocycles. The summed E-state index contributed by atoms with van der Waals surface area (Å²) in [6, 6.07) is 0. The number of likely N-dealkylation sites (N-methyl/N-ethyl adjacent to an activating group) is 1. The van der Waals surface area contributed by atoms with Gasteiger partial charge in [0.25, 0.3) is 0 Å². The van der Waals surface area contributed by atoms with Crippen molar-refractivity contribution < 1.29 is 42.1 Å². The summed E-state index contributed by atoms with van der Waals surface area (Å²) in [5, 5.41) is 0. The molecule has 0 saturated heterocycles. The predicted molar refractivity (Wildman–Crippen MR) is 317 cm³/mol. The summed E-state index contributed by atoms with van der Waals surface area (Å²) in [4.78, 5) is 35.8. The van der Waals surface area contributed by atoms with Crippen LogP contribution in [-0.2, 0) is 32.7 Å². The number of allylic oxidation sites excluding steroid dienone is 4. The molecule has 10 heteroatoms. The molecule has 438 valence electrons. The Bertz CT molecular complexity index is 1300. The SMILES string of the molecule is CCCCCCC/C=C\C/C=C\CCCCCCCCCCCCCCCC(=O)OC(COC(=O)CCCCCCCCCCCCCCCCCCCCCCCCCCC)COP(=O)(O)OCC[N+](C)(C)C. The first-order valence-corrected chi connectivity index (χ1v) is 33.6. The molecule has 0 aromatic heterocycles. The number of phosphoric ester groups is 1. The molecule has 0 amide bonds. The van der Waals surface area contributed by atoms with E-state index < -0.39 is 26.5 Å². The van der Waals surface area contributed by atoms with Crippen LogP contribution in [0.3, 0.4) is 0 Å². The van der Waals surface area contributed by atoms with Crippen molar-refractivity contribution in [3.05, 3.63) is 24.3 Å². The monoisotopic (exact) mass is 1070 g/mol. The van der Waals surface area contributed by atoms with Gasteiger partial charge in [0.05, 0.1) is 27.7 Å². The minimum Gasteiger partial charge on any atom is -0.462 e. The number of unbranched alkanes of at least 4 members (excludes halogenated alkanes) is 42. The molecule has 2 atom stereocenters. The summed E-state index contributed by atoms with van der Waals surface area (Å²) in [5.74, 6) is -0.778. The first-order chi connectivity index (χ1) is 36.0. The van der Waals surface area contributed by atoms with Crippen LogP contribution >= 0.6 is 7.82 Å². The number of nitrogens with zero attached hydrogens (tertiary/aromatic N) is 1. The first-order valence-electron chi connectivity index (χ1n) is 32.1.